The molecule has 0 radical (unpaired) electrons. The lowest BCUT2D eigenvalue weighted by molar-refractivity contribution is 0.160. The molecule has 0 fully saturated rings. The molecule has 0 saturated carbocycles. The number of carbonyl (C=O) groups excluding carboxylic acids is 1. The number of aromatic nitrogens is 2. The van der Waals surface area contributed by atoms with Crippen molar-refractivity contribution in [2.75, 3.05) is 27.4 Å². The van der Waals surface area contributed by atoms with Gasteiger partial charge in [-0.05, 0) is 0 Å². The third-order valence-electron chi connectivity index (χ3n) is 1.85. The Hall–Kier alpha value is -1.65. The summed E-state index contributed by atoms with van der Waals surface area (Å²) in [4.78, 5) is 15.0. The molecule has 19 heavy (non-hydrogen) atoms. The number of nitrogens with zero attached hydrogens (tertiary/aromatic N) is 2. The van der Waals surface area contributed by atoms with Gasteiger partial charge in [-0.2, -0.15) is 0 Å². The first-order valence-electron chi connectivity index (χ1n) is 5.08. The predicted octanol–water partition coefficient (Wildman–Crippen LogP) is 1.29. The summed E-state index contributed by atoms with van der Waals surface area (Å²) >= 11 is 0. The van der Waals surface area contributed by atoms with E-state index in [4.69, 9.17) is 9.26 Å². The molecule has 0 saturated heterocycles. The van der Waals surface area contributed by atoms with Crippen molar-refractivity contribution >= 4 is 13.9 Å². The van der Waals surface area contributed by atoms with Crippen molar-refractivity contribution in [2.24, 2.45) is 0 Å². The molecule has 0 N–H and O–H groups in total. The number of imidazole rings is 1. The Morgan fingerprint density at radius 3 is 2.58 bits per heavy atom. The van der Waals surface area contributed by atoms with Crippen molar-refractivity contribution in [2.45, 2.75) is 0 Å². The van der Waals surface area contributed by atoms with E-state index in [-0.39, 0.29) is 13.2 Å². The van der Waals surface area contributed by atoms with Crippen LogP contribution < -0.4 is 0 Å². The van der Waals surface area contributed by atoms with Gasteiger partial charge in [-0.15, -0.1) is 0 Å². The summed E-state index contributed by atoms with van der Waals surface area (Å²) in [6, 6.07) is 0. The van der Waals surface area contributed by atoms with Crippen LogP contribution in [0, 0.1) is 11.8 Å². The van der Waals surface area contributed by atoms with Gasteiger partial charge in [0.1, 0.15) is 12.9 Å². The number of phosphoric acid groups is 1. The van der Waals surface area contributed by atoms with Crippen LogP contribution in [0.3, 0.4) is 0 Å². The number of carbonyl (C=O) groups is 1. The highest BCUT2D eigenvalue weighted by atomic mass is 31.2. The van der Waals surface area contributed by atoms with E-state index in [0.717, 1.165) is 0 Å². The zero-order chi connectivity index (χ0) is 14.1. The third-order valence-corrected chi connectivity index (χ3v) is 3.19. The summed E-state index contributed by atoms with van der Waals surface area (Å²) in [6.07, 6.45) is 3.62. The summed E-state index contributed by atoms with van der Waals surface area (Å²) in [5, 5.41) is 0. The molecule has 8 nitrogen and oxygen atoms in total. The Labute approximate surface area is 110 Å². The minimum atomic E-state index is -3.51. The minimum absolute atomic E-state index is 0.120. The second kappa shape index (κ2) is 7.71. The molecule has 0 unspecified atom stereocenters. The highest BCUT2D eigenvalue weighted by Crippen LogP contribution is 2.47. The Morgan fingerprint density at radius 1 is 1.32 bits per heavy atom. The molecule has 0 aromatic carbocycles. The molecule has 0 atom stereocenters. The first-order chi connectivity index (χ1) is 9.11. The molecular formula is C10H13N2O6P. The normalized spacial score (nSPS) is 10.6. The number of phosphoric ester groups is 1. The zero-order valence-electron chi connectivity index (χ0n) is 10.4. The number of ether oxygens (including phenoxy) is 1. The maximum atomic E-state index is 11.4. The van der Waals surface area contributed by atoms with Crippen molar-refractivity contribution in [1.29, 1.82) is 0 Å². The second-order valence-electron chi connectivity index (χ2n) is 2.96. The predicted molar refractivity (Wildman–Crippen MR) is 64.3 cm³/mol. The van der Waals surface area contributed by atoms with Crippen LogP contribution in [0.4, 0.5) is 4.79 Å². The van der Waals surface area contributed by atoms with E-state index in [2.05, 4.69) is 25.9 Å². The molecule has 0 aliphatic rings. The average Bonchev–Trinajstić information content (AvgIpc) is 2.96. The summed E-state index contributed by atoms with van der Waals surface area (Å²) in [6.45, 7) is -0.285. The first-order valence-corrected chi connectivity index (χ1v) is 6.54. The third kappa shape index (κ3) is 5.24. The molecule has 0 amide bonds. The van der Waals surface area contributed by atoms with Crippen LogP contribution in [-0.4, -0.2) is 43.1 Å². The van der Waals surface area contributed by atoms with E-state index >= 15 is 0 Å². The van der Waals surface area contributed by atoms with Gasteiger partial charge in [0.15, 0.2) is 6.61 Å². The molecule has 1 rings (SSSR count). The highest BCUT2D eigenvalue weighted by molar-refractivity contribution is 7.48. The van der Waals surface area contributed by atoms with Gasteiger partial charge in [0.05, 0.1) is 0 Å². The van der Waals surface area contributed by atoms with E-state index in [1.807, 2.05) is 0 Å². The van der Waals surface area contributed by atoms with Crippen LogP contribution in [-0.2, 0) is 22.9 Å². The molecular weight excluding hydrogens is 275 g/mol. The van der Waals surface area contributed by atoms with Gasteiger partial charge in [-0.3, -0.25) is 13.6 Å². The van der Waals surface area contributed by atoms with Crippen LogP contribution in [0.25, 0.3) is 0 Å². The Balaban J connectivity index is 2.26. The molecule has 104 valence electrons. The fourth-order valence-electron chi connectivity index (χ4n) is 0.933. The van der Waals surface area contributed by atoms with Crippen LogP contribution >= 0.6 is 7.82 Å². The van der Waals surface area contributed by atoms with Crippen molar-refractivity contribution in [3.8, 4) is 11.8 Å². The van der Waals surface area contributed by atoms with Gasteiger partial charge in [-0.25, -0.2) is 18.9 Å². The van der Waals surface area contributed by atoms with Crippen molar-refractivity contribution in [3.05, 3.63) is 18.7 Å². The van der Waals surface area contributed by atoms with E-state index in [1.165, 1.54) is 37.5 Å². The smallest absolute Gasteiger partial charge is 0.436 e. The van der Waals surface area contributed by atoms with Crippen molar-refractivity contribution in [1.82, 2.24) is 9.55 Å². The Morgan fingerprint density at radius 2 is 2.00 bits per heavy atom. The lowest BCUT2D eigenvalue weighted by Gasteiger charge is -2.10. The van der Waals surface area contributed by atoms with E-state index < -0.39 is 13.9 Å². The van der Waals surface area contributed by atoms with Crippen LogP contribution in [0.1, 0.15) is 0 Å². The van der Waals surface area contributed by atoms with Crippen LogP contribution in [0.15, 0.2) is 18.7 Å². The summed E-state index contributed by atoms with van der Waals surface area (Å²) in [5.41, 5.74) is 0. The standard InChI is InChI=1S/C10H13N2O6P/c1-15-19(14,16-2)18-8-4-3-7-17-10(13)12-6-5-11-9-12/h5-6,9H,7-8H2,1-2H3. The average molecular weight is 288 g/mol. The van der Waals surface area contributed by atoms with Crippen LogP contribution in [0.5, 0.6) is 0 Å². The highest BCUT2D eigenvalue weighted by Gasteiger charge is 2.21. The zero-order valence-corrected chi connectivity index (χ0v) is 11.3. The topological polar surface area (TPSA) is 88.9 Å². The SMILES string of the molecule is COP(=O)(OC)OCC#CCOC(=O)n1ccnc1. The molecule has 1 heterocycles. The van der Waals surface area contributed by atoms with Gasteiger partial charge < -0.3 is 4.74 Å². The van der Waals surface area contributed by atoms with Gasteiger partial charge >= 0.3 is 13.9 Å². The molecule has 1 aromatic rings. The van der Waals surface area contributed by atoms with Gasteiger partial charge in [0.2, 0.25) is 0 Å². The summed E-state index contributed by atoms with van der Waals surface area (Å²) in [7, 11) is -1.11. The number of hydrogen-bond acceptors (Lipinski definition) is 7. The molecule has 0 aliphatic heterocycles. The number of rotatable bonds is 5. The Bertz CT molecular complexity index is 496. The molecule has 0 bridgehead atoms. The lowest BCUT2D eigenvalue weighted by atomic mass is 10.6. The second-order valence-corrected chi connectivity index (χ2v) is 4.85. The maximum Gasteiger partial charge on any atom is 0.475 e. The molecule has 9 heteroatoms. The van der Waals surface area contributed by atoms with E-state index in [9.17, 15) is 9.36 Å². The van der Waals surface area contributed by atoms with Gasteiger partial charge in [0, 0.05) is 26.6 Å². The molecule has 0 spiro atoms. The summed E-state index contributed by atoms with van der Waals surface area (Å²) in [5.74, 6) is 5.02. The van der Waals surface area contributed by atoms with Crippen LogP contribution in [0.2, 0.25) is 0 Å². The maximum absolute atomic E-state index is 11.4. The van der Waals surface area contributed by atoms with E-state index in [0.29, 0.717) is 0 Å². The lowest BCUT2D eigenvalue weighted by Crippen LogP contribution is -2.11. The fourth-order valence-corrected chi connectivity index (χ4v) is 1.52. The monoisotopic (exact) mass is 288 g/mol. The molecule has 1 aromatic heterocycles. The quantitative estimate of drug-likeness (QED) is 0.595. The Kier molecular flexibility index (Phi) is 6.25. The first kappa shape index (κ1) is 15.4. The summed E-state index contributed by atoms with van der Waals surface area (Å²) < 4.78 is 31.2. The van der Waals surface area contributed by atoms with Crippen molar-refractivity contribution < 1.29 is 27.7 Å². The largest absolute Gasteiger partial charge is 0.475 e. The number of hydrogen-bond donors (Lipinski definition) is 0. The minimum Gasteiger partial charge on any atom is -0.436 e. The fraction of sp³-hybridized carbons (Fsp3) is 0.400. The molecule has 0 aliphatic carbocycles. The van der Waals surface area contributed by atoms with Gasteiger partial charge in [-0.1, -0.05) is 11.8 Å². The van der Waals surface area contributed by atoms with Gasteiger partial charge in [0.25, 0.3) is 0 Å². The van der Waals surface area contributed by atoms with Crippen molar-refractivity contribution in [3.63, 3.8) is 0 Å². The van der Waals surface area contributed by atoms with E-state index in [1.54, 1.807) is 0 Å².